The van der Waals surface area contributed by atoms with Crippen LogP contribution >= 0.6 is 0 Å². The molecule has 2 aliphatic rings. The Morgan fingerprint density at radius 1 is 0.824 bits per heavy atom. The maximum absolute atomic E-state index is 13.0. The summed E-state index contributed by atoms with van der Waals surface area (Å²) in [6.07, 6.45) is 5.65. The summed E-state index contributed by atoms with van der Waals surface area (Å²) in [5, 5.41) is 8.95. The molecule has 2 fully saturated rings. The second-order valence-corrected chi connectivity index (χ2v) is 8.86. The number of nitrogens with zero attached hydrogens (tertiary/aromatic N) is 7. The van der Waals surface area contributed by atoms with Crippen molar-refractivity contribution in [3.63, 3.8) is 0 Å². The Hall–Kier alpha value is -3.75. The van der Waals surface area contributed by atoms with Gasteiger partial charge >= 0.3 is 6.01 Å². The molecule has 1 amide bonds. The smallest absolute Gasteiger partial charge is 0.321 e. The Morgan fingerprint density at radius 2 is 1.41 bits per heavy atom. The summed E-state index contributed by atoms with van der Waals surface area (Å²) in [6.45, 7) is 7.14. The Bertz CT molecular complexity index is 1080. The quantitative estimate of drug-likeness (QED) is 0.575. The van der Waals surface area contributed by atoms with Crippen molar-refractivity contribution in [2.24, 2.45) is 5.92 Å². The van der Waals surface area contributed by atoms with Gasteiger partial charge in [0.05, 0.1) is 0 Å². The fraction of sp³-hybridized carbons (Fsp3) is 0.400. The molecular formula is C25H29N7O2. The highest BCUT2D eigenvalue weighted by molar-refractivity contribution is 5.94. The lowest BCUT2D eigenvalue weighted by Crippen LogP contribution is -2.49. The van der Waals surface area contributed by atoms with Gasteiger partial charge in [-0.25, -0.2) is 9.97 Å². The molecule has 9 heteroatoms. The number of rotatable bonds is 5. The van der Waals surface area contributed by atoms with Crippen LogP contribution in [0.25, 0.3) is 0 Å². The fourth-order valence-corrected chi connectivity index (χ4v) is 4.32. The number of aromatic nitrogens is 4. The van der Waals surface area contributed by atoms with Crippen LogP contribution in [-0.2, 0) is 0 Å². The van der Waals surface area contributed by atoms with E-state index < -0.39 is 0 Å². The molecule has 176 valence electrons. The van der Waals surface area contributed by atoms with Gasteiger partial charge in [-0.2, -0.15) is 0 Å². The van der Waals surface area contributed by atoms with E-state index in [1.807, 2.05) is 11.0 Å². The highest BCUT2D eigenvalue weighted by Gasteiger charge is 2.24. The first-order valence-corrected chi connectivity index (χ1v) is 11.8. The van der Waals surface area contributed by atoms with E-state index in [2.05, 4.69) is 43.0 Å². The van der Waals surface area contributed by atoms with E-state index in [9.17, 15) is 4.79 Å². The van der Waals surface area contributed by atoms with E-state index in [4.69, 9.17) is 4.74 Å². The van der Waals surface area contributed by atoms with Gasteiger partial charge in [0.15, 0.2) is 11.6 Å². The van der Waals surface area contributed by atoms with Crippen molar-refractivity contribution in [2.45, 2.75) is 19.8 Å². The zero-order valence-corrected chi connectivity index (χ0v) is 19.4. The molecule has 0 spiro atoms. The number of ether oxygens (including phenoxy) is 1. The first-order valence-electron chi connectivity index (χ1n) is 11.8. The molecule has 34 heavy (non-hydrogen) atoms. The summed E-state index contributed by atoms with van der Waals surface area (Å²) in [4.78, 5) is 27.4. The number of benzene rings is 1. The van der Waals surface area contributed by atoms with Crippen molar-refractivity contribution in [2.75, 3.05) is 49.1 Å². The van der Waals surface area contributed by atoms with Gasteiger partial charge in [-0.05, 0) is 61.2 Å². The Balaban J connectivity index is 1.14. The third-order valence-corrected chi connectivity index (χ3v) is 6.49. The molecule has 1 aromatic carbocycles. The van der Waals surface area contributed by atoms with E-state index in [0.717, 1.165) is 43.7 Å². The minimum absolute atomic E-state index is 0.0166. The molecule has 0 atom stereocenters. The molecule has 5 rings (SSSR count). The number of hydrogen-bond donors (Lipinski definition) is 0. The van der Waals surface area contributed by atoms with Crippen LogP contribution in [0.4, 0.5) is 11.6 Å². The van der Waals surface area contributed by atoms with Crippen molar-refractivity contribution >= 4 is 17.5 Å². The highest BCUT2D eigenvalue weighted by atomic mass is 16.5. The van der Waals surface area contributed by atoms with Crippen LogP contribution in [0.1, 0.15) is 30.1 Å². The van der Waals surface area contributed by atoms with E-state index in [1.165, 1.54) is 12.8 Å². The predicted molar refractivity (Wildman–Crippen MR) is 129 cm³/mol. The zero-order chi connectivity index (χ0) is 23.3. The minimum Gasteiger partial charge on any atom is -0.424 e. The van der Waals surface area contributed by atoms with E-state index in [0.29, 0.717) is 24.4 Å². The van der Waals surface area contributed by atoms with Crippen molar-refractivity contribution in [1.82, 2.24) is 25.1 Å². The van der Waals surface area contributed by atoms with Gasteiger partial charge in [-0.3, -0.25) is 4.79 Å². The Labute approximate surface area is 199 Å². The first-order chi connectivity index (χ1) is 16.7. The molecule has 0 unspecified atom stereocenters. The average Bonchev–Trinajstić information content (AvgIpc) is 2.90. The van der Waals surface area contributed by atoms with Gasteiger partial charge in [0, 0.05) is 57.2 Å². The van der Waals surface area contributed by atoms with Crippen LogP contribution in [0.5, 0.6) is 11.8 Å². The number of piperidine rings is 1. The SMILES string of the molecule is CC1CCN(c2ccc(N3CCN(C(=O)c4ccc(Oc5ncccn5)cc4)CC3)nn2)CC1. The van der Waals surface area contributed by atoms with Crippen molar-refractivity contribution in [3.05, 3.63) is 60.4 Å². The topological polar surface area (TPSA) is 87.6 Å². The van der Waals surface area contributed by atoms with Gasteiger partial charge < -0.3 is 19.4 Å². The molecule has 0 radical (unpaired) electrons. The molecule has 2 aromatic heterocycles. The van der Waals surface area contributed by atoms with E-state index in [1.54, 1.807) is 42.7 Å². The molecule has 3 aromatic rings. The van der Waals surface area contributed by atoms with Crippen molar-refractivity contribution in [3.8, 4) is 11.8 Å². The lowest BCUT2D eigenvalue weighted by Gasteiger charge is -2.35. The number of carbonyl (C=O) groups is 1. The summed E-state index contributed by atoms with van der Waals surface area (Å²) < 4.78 is 5.60. The molecule has 2 saturated heterocycles. The molecule has 4 heterocycles. The molecule has 0 aliphatic carbocycles. The number of amides is 1. The number of carbonyl (C=O) groups excluding carboxylic acids is 1. The molecule has 9 nitrogen and oxygen atoms in total. The number of anilines is 2. The monoisotopic (exact) mass is 459 g/mol. The van der Waals surface area contributed by atoms with Crippen LogP contribution in [0.2, 0.25) is 0 Å². The summed E-state index contributed by atoms with van der Waals surface area (Å²) in [5.74, 6) is 3.22. The normalized spacial score (nSPS) is 17.0. The zero-order valence-electron chi connectivity index (χ0n) is 19.4. The van der Waals surface area contributed by atoms with Gasteiger partial charge in [0.1, 0.15) is 5.75 Å². The minimum atomic E-state index is 0.0166. The standard InChI is InChI=1S/C25H29N7O2/c1-19-9-13-30(14-10-19)22-7-8-23(29-28-22)31-15-17-32(18-16-31)24(33)20-3-5-21(6-4-20)34-25-26-11-2-12-27-25/h2-8,11-12,19H,9-10,13-18H2,1H3. The third-order valence-electron chi connectivity index (χ3n) is 6.49. The number of hydrogen-bond acceptors (Lipinski definition) is 8. The lowest BCUT2D eigenvalue weighted by molar-refractivity contribution is 0.0746. The van der Waals surface area contributed by atoms with Crippen LogP contribution < -0.4 is 14.5 Å². The van der Waals surface area contributed by atoms with E-state index in [-0.39, 0.29) is 11.9 Å². The second-order valence-electron chi connectivity index (χ2n) is 8.86. The average molecular weight is 460 g/mol. The van der Waals surface area contributed by atoms with Gasteiger partial charge in [-0.15, -0.1) is 10.2 Å². The summed E-state index contributed by atoms with van der Waals surface area (Å²) in [5.41, 5.74) is 0.634. The molecule has 2 aliphatic heterocycles. The Morgan fingerprint density at radius 3 is 2.00 bits per heavy atom. The Kier molecular flexibility index (Phi) is 6.51. The van der Waals surface area contributed by atoms with Crippen molar-refractivity contribution < 1.29 is 9.53 Å². The van der Waals surface area contributed by atoms with Gasteiger partial charge in [0.25, 0.3) is 5.91 Å². The highest BCUT2D eigenvalue weighted by Crippen LogP contribution is 2.23. The van der Waals surface area contributed by atoms with Crippen LogP contribution in [0.3, 0.4) is 0 Å². The van der Waals surface area contributed by atoms with Gasteiger partial charge in [-0.1, -0.05) is 6.92 Å². The largest absolute Gasteiger partial charge is 0.424 e. The number of piperazine rings is 1. The van der Waals surface area contributed by atoms with Crippen LogP contribution in [-0.4, -0.2) is 70.2 Å². The maximum Gasteiger partial charge on any atom is 0.321 e. The molecule has 0 N–H and O–H groups in total. The second kappa shape index (κ2) is 10.0. The summed E-state index contributed by atoms with van der Waals surface area (Å²) >= 11 is 0. The summed E-state index contributed by atoms with van der Waals surface area (Å²) in [6, 6.07) is 13.2. The third kappa shape index (κ3) is 5.08. The maximum atomic E-state index is 13.0. The fourth-order valence-electron chi connectivity index (χ4n) is 4.32. The van der Waals surface area contributed by atoms with Crippen molar-refractivity contribution in [1.29, 1.82) is 0 Å². The lowest BCUT2D eigenvalue weighted by atomic mass is 9.99. The van der Waals surface area contributed by atoms with Crippen LogP contribution in [0, 0.1) is 5.92 Å². The van der Waals surface area contributed by atoms with E-state index >= 15 is 0 Å². The molecule has 0 saturated carbocycles. The summed E-state index contributed by atoms with van der Waals surface area (Å²) in [7, 11) is 0. The first kappa shape index (κ1) is 22.1. The molecular weight excluding hydrogens is 430 g/mol. The van der Waals surface area contributed by atoms with Gasteiger partial charge in [0.2, 0.25) is 0 Å². The van der Waals surface area contributed by atoms with Crippen LogP contribution in [0.15, 0.2) is 54.9 Å². The molecule has 0 bridgehead atoms. The predicted octanol–water partition coefficient (Wildman–Crippen LogP) is 3.26.